The number of anilines is 1. The van der Waals surface area contributed by atoms with Crippen molar-refractivity contribution in [3.8, 4) is 0 Å². The van der Waals surface area contributed by atoms with Gasteiger partial charge in [0.15, 0.2) is 11.6 Å². The van der Waals surface area contributed by atoms with Gasteiger partial charge in [-0.1, -0.05) is 39.5 Å². The zero-order chi connectivity index (χ0) is 12.5. The van der Waals surface area contributed by atoms with Gasteiger partial charge in [0.05, 0.1) is 0 Å². The Labute approximate surface area is 104 Å². The molecule has 0 radical (unpaired) electrons. The first kappa shape index (κ1) is 13.9. The van der Waals surface area contributed by atoms with Gasteiger partial charge in [0, 0.05) is 12.7 Å². The molecule has 0 aliphatic heterocycles. The lowest BCUT2D eigenvalue weighted by Gasteiger charge is -2.06. The molecular weight excluding hydrogens is 215 g/mol. The van der Waals surface area contributed by atoms with Crippen LogP contribution in [0.15, 0.2) is 18.3 Å². The highest BCUT2D eigenvalue weighted by Crippen LogP contribution is 2.11. The molecule has 1 N–H and O–H groups in total. The minimum absolute atomic E-state index is 0.271. The van der Waals surface area contributed by atoms with Crippen molar-refractivity contribution in [2.45, 2.75) is 46.0 Å². The zero-order valence-corrected chi connectivity index (χ0v) is 10.9. The molecule has 0 unspecified atom stereocenters. The number of nitrogens with one attached hydrogen (secondary N) is 1. The number of rotatable bonds is 8. The van der Waals surface area contributed by atoms with Crippen LogP contribution in [0.5, 0.6) is 0 Å². The SMILES string of the molecule is CC(C)CCCCCCNc1ncccc1F. The van der Waals surface area contributed by atoms with Crippen LogP contribution >= 0.6 is 0 Å². The third kappa shape index (κ3) is 6.25. The second-order valence-electron chi connectivity index (χ2n) is 4.86. The average Bonchev–Trinajstić information content (AvgIpc) is 2.30. The van der Waals surface area contributed by atoms with Crippen LogP contribution in [-0.4, -0.2) is 11.5 Å². The Bertz CT molecular complexity index is 313. The van der Waals surface area contributed by atoms with E-state index in [4.69, 9.17) is 0 Å². The summed E-state index contributed by atoms with van der Waals surface area (Å²) in [6.07, 6.45) is 7.76. The maximum absolute atomic E-state index is 13.2. The predicted octanol–water partition coefficient (Wildman–Crippen LogP) is 4.24. The average molecular weight is 238 g/mol. The van der Waals surface area contributed by atoms with Crippen LogP contribution in [-0.2, 0) is 0 Å². The van der Waals surface area contributed by atoms with Gasteiger partial charge in [-0.2, -0.15) is 0 Å². The molecule has 0 amide bonds. The fourth-order valence-corrected chi connectivity index (χ4v) is 1.75. The van der Waals surface area contributed by atoms with Crippen molar-refractivity contribution in [3.05, 3.63) is 24.1 Å². The molecule has 96 valence electrons. The second kappa shape index (κ2) is 8.04. The van der Waals surface area contributed by atoms with Gasteiger partial charge in [0.1, 0.15) is 0 Å². The van der Waals surface area contributed by atoms with Gasteiger partial charge in [0.25, 0.3) is 0 Å². The van der Waals surface area contributed by atoms with E-state index in [9.17, 15) is 4.39 Å². The van der Waals surface area contributed by atoms with E-state index in [1.165, 1.54) is 31.7 Å². The van der Waals surface area contributed by atoms with Gasteiger partial charge in [0.2, 0.25) is 0 Å². The van der Waals surface area contributed by atoms with E-state index in [2.05, 4.69) is 24.1 Å². The fraction of sp³-hybridized carbons (Fsp3) is 0.643. The highest BCUT2D eigenvalue weighted by molar-refractivity contribution is 5.35. The summed E-state index contributed by atoms with van der Waals surface area (Å²) in [6.45, 7) is 5.31. The summed E-state index contributed by atoms with van der Waals surface area (Å²) in [7, 11) is 0. The molecule has 0 saturated heterocycles. The van der Waals surface area contributed by atoms with Crippen LogP contribution in [0.25, 0.3) is 0 Å². The molecule has 1 aromatic rings. The number of hydrogen-bond acceptors (Lipinski definition) is 2. The monoisotopic (exact) mass is 238 g/mol. The summed E-state index contributed by atoms with van der Waals surface area (Å²) in [5.41, 5.74) is 0. The van der Waals surface area contributed by atoms with E-state index in [0.29, 0.717) is 5.82 Å². The van der Waals surface area contributed by atoms with Crippen LogP contribution < -0.4 is 5.32 Å². The Balaban J connectivity index is 2.03. The van der Waals surface area contributed by atoms with Crippen molar-refractivity contribution in [3.63, 3.8) is 0 Å². The van der Waals surface area contributed by atoms with Crippen LogP contribution in [0.2, 0.25) is 0 Å². The highest BCUT2D eigenvalue weighted by Gasteiger charge is 2.00. The van der Waals surface area contributed by atoms with Gasteiger partial charge in [-0.3, -0.25) is 0 Å². The van der Waals surface area contributed by atoms with Gasteiger partial charge in [-0.25, -0.2) is 9.37 Å². The number of unbranched alkanes of at least 4 members (excludes halogenated alkanes) is 3. The van der Waals surface area contributed by atoms with E-state index in [1.807, 2.05) is 0 Å². The van der Waals surface area contributed by atoms with Crippen LogP contribution in [0.3, 0.4) is 0 Å². The van der Waals surface area contributed by atoms with Crippen molar-refractivity contribution < 1.29 is 4.39 Å². The number of aromatic nitrogens is 1. The Morgan fingerprint density at radius 2 is 2.00 bits per heavy atom. The van der Waals surface area contributed by atoms with Crippen LogP contribution in [0, 0.1) is 11.7 Å². The van der Waals surface area contributed by atoms with E-state index in [-0.39, 0.29) is 5.82 Å². The Kier molecular flexibility index (Phi) is 6.60. The molecular formula is C14H23FN2. The van der Waals surface area contributed by atoms with E-state index < -0.39 is 0 Å². The Hall–Kier alpha value is -1.12. The third-order valence-electron chi connectivity index (χ3n) is 2.76. The molecule has 2 nitrogen and oxygen atoms in total. The summed E-state index contributed by atoms with van der Waals surface area (Å²) in [6, 6.07) is 3.03. The standard InChI is InChI=1S/C14H23FN2/c1-12(2)8-5-3-4-6-10-16-14-13(15)9-7-11-17-14/h7,9,11-12H,3-6,8,10H2,1-2H3,(H,16,17). The molecule has 0 fully saturated rings. The maximum atomic E-state index is 13.2. The van der Waals surface area contributed by atoms with Crippen LogP contribution in [0.4, 0.5) is 10.2 Å². The summed E-state index contributed by atoms with van der Waals surface area (Å²) >= 11 is 0. The van der Waals surface area contributed by atoms with E-state index in [0.717, 1.165) is 18.9 Å². The third-order valence-corrected chi connectivity index (χ3v) is 2.76. The molecule has 0 aromatic carbocycles. The second-order valence-corrected chi connectivity index (χ2v) is 4.86. The Morgan fingerprint density at radius 3 is 2.71 bits per heavy atom. The van der Waals surface area contributed by atoms with Crippen molar-refractivity contribution in [1.82, 2.24) is 4.98 Å². The number of nitrogens with zero attached hydrogens (tertiary/aromatic N) is 1. The summed E-state index contributed by atoms with van der Waals surface area (Å²) in [4.78, 5) is 3.95. The van der Waals surface area contributed by atoms with E-state index >= 15 is 0 Å². The molecule has 1 rings (SSSR count). The minimum Gasteiger partial charge on any atom is -0.368 e. The quantitative estimate of drug-likeness (QED) is 0.685. The molecule has 0 spiro atoms. The lowest BCUT2D eigenvalue weighted by atomic mass is 10.0. The number of halogens is 1. The van der Waals surface area contributed by atoms with Crippen molar-refractivity contribution in [2.75, 3.05) is 11.9 Å². The minimum atomic E-state index is -0.271. The molecule has 0 saturated carbocycles. The molecule has 0 bridgehead atoms. The first-order valence-electron chi connectivity index (χ1n) is 6.54. The molecule has 0 aliphatic rings. The van der Waals surface area contributed by atoms with Gasteiger partial charge < -0.3 is 5.32 Å². The molecule has 0 atom stereocenters. The first-order chi connectivity index (χ1) is 8.20. The summed E-state index contributed by atoms with van der Waals surface area (Å²) in [5, 5.41) is 3.03. The number of pyridine rings is 1. The molecule has 1 aromatic heterocycles. The van der Waals surface area contributed by atoms with Gasteiger partial charge in [-0.15, -0.1) is 0 Å². The highest BCUT2D eigenvalue weighted by atomic mass is 19.1. The molecule has 1 heterocycles. The van der Waals surface area contributed by atoms with Gasteiger partial charge in [-0.05, 0) is 24.5 Å². The largest absolute Gasteiger partial charge is 0.368 e. The van der Waals surface area contributed by atoms with Crippen LogP contribution in [0.1, 0.15) is 46.0 Å². The lowest BCUT2D eigenvalue weighted by molar-refractivity contribution is 0.522. The summed E-state index contributed by atoms with van der Waals surface area (Å²) < 4.78 is 13.2. The molecule has 3 heteroatoms. The van der Waals surface area contributed by atoms with Gasteiger partial charge >= 0.3 is 0 Å². The zero-order valence-electron chi connectivity index (χ0n) is 10.9. The summed E-state index contributed by atoms with van der Waals surface area (Å²) in [5.74, 6) is 0.901. The lowest BCUT2D eigenvalue weighted by Crippen LogP contribution is -2.05. The van der Waals surface area contributed by atoms with E-state index in [1.54, 1.807) is 12.3 Å². The Morgan fingerprint density at radius 1 is 1.24 bits per heavy atom. The normalized spacial score (nSPS) is 10.8. The first-order valence-corrected chi connectivity index (χ1v) is 6.54. The smallest absolute Gasteiger partial charge is 0.165 e. The molecule has 17 heavy (non-hydrogen) atoms. The molecule has 0 aliphatic carbocycles. The van der Waals surface area contributed by atoms with Crippen molar-refractivity contribution >= 4 is 5.82 Å². The maximum Gasteiger partial charge on any atom is 0.165 e. The van der Waals surface area contributed by atoms with Crippen molar-refractivity contribution in [2.24, 2.45) is 5.92 Å². The fourth-order valence-electron chi connectivity index (χ4n) is 1.75. The predicted molar refractivity (Wildman–Crippen MR) is 70.6 cm³/mol. The number of hydrogen-bond donors (Lipinski definition) is 1. The van der Waals surface area contributed by atoms with Crippen molar-refractivity contribution in [1.29, 1.82) is 0 Å². The topological polar surface area (TPSA) is 24.9 Å².